The zero-order valence-electron chi connectivity index (χ0n) is 15.2. The van der Waals surface area contributed by atoms with Crippen molar-refractivity contribution in [3.8, 4) is 0 Å². The van der Waals surface area contributed by atoms with Crippen molar-refractivity contribution in [2.75, 3.05) is 0 Å². The number of nitrogens with zero attached hydrogens (tertiary/aromatic N) is 3. The molecule has 2 aromatic rings. The smallest absolute Gasteiger partial charge is 0.243 e. The zero-order valence-corrected chi connectivity index (χ0v) is 15.2. The Labute approximate surface area is 143 Å². The summed E-state index contributed by atoms with van der Waals surface area (Å²) in [5.74, 6) is 2.99. The van der Waals surface area contributed by atoms with E-state index in [9.17, 15) is 0 Å². The fourth-order valence-corrected chi connectivity index (χ4v) is 3.41. The van der Waals surface area contributed by atoms with Crippen LogP contribution < -0.4 is 5.32 Å². The highest BCUT2D eigenvalue weighted by molar-refractivity contribution is 5.04. The molecule has 0 spiro atoms. The van der Waals surface area contributed by atoms with Gasteiger partial charge in [-0.25, -0.2) is 4.98 Å². The van der Waals surface area contributed by atoms with Gasteiger partial charge in [0.1, 0.15) is 5.82 Å². The summed E-state index contributed by atoms with van der Waals surface area (Å²) < 4.78 is 5.50. The molecule has 0 aliphatic heterocycles. The van der Waals surface area contributed by atoms with Crippen molar-refractivity contribution in [3.63, 3.8) is 0 Å². The van der Waals surface area contributed by atoms with Gasteiger partial charge in [-0.05, 0) is 25.7 Å². The first-order chi connectivity index (χ1) is 11.4. The van der Waals surface area contributed by atoms with Gasteiger partial charge >= 0.3 is 0 Å². The molecule has 1 saturated carbocycles. The maximum atomic E-state index is 5.50. The highest BCUT2D eigenvalue weighted by Gasteiger charge is 2.30. The standard InChI is InChI=1S/C18H29N5O/c1-12(16-22-17(23-24-16)18(2,3)4)21-14(15-19-10-11-20-15)13-8-6-5-7-9-13/h10-14,21H,5-9H2,1-4H3,(H,19,20). The lowest BCUT2D eigenvalue weighted by Crippen LogP contribution is -2.32. The minimum Gasteiger partial charge on any atom is -0.347 e. The molecule has 1 aliphatic rings. The highest BCUT2D eigenvalue weighted by atomic mass is 16.5. The van der Waals surface area contributed by atoms with Crippen molar-refractivity contribution in [1.29, 1.82) is 0 Å². The normalized spacial score (nSPS) is 19.3. The lowest BCUT2D eigenvalue weighted by atomic mass is 9.83. The van der Waals surface area contributed by atoms with Crippen LogP contribution in [-0.2, 0) is 5.41 Å². The molecular weight excluding hydrogens is 302 g/mol. The minimum absolute atomic E-state index is 0.00868. The molecule has 6 heteroatoms. The molecule has 0 bridgehead atoms. The van der Waals surface area contributed by atoms with Gasteiger partial charge in [0.2, 0.25) is 5.89 Å². The summed E-state index contributed by atoms with van der Waals surface area (Å²) in [6, 6.07) is 0.186. The van der Waals surface area contributed by atoms with Crippen LogP contribution in [0.25, 0.3) is 0 Å². The fourth-order valence-electron chi connectivity index (χ4n) is 3.41. The number of hydrogen-bond donors (Lipinski definition) is 2. The molecule has 1 aliphatic carbocycles. The third kappa shape index (κ3) is 3.86. The number of imidazole rings is 1. The van der Waals surface area contributed by atoms with Crippen molar-refractivity contribution in [2.45, 2.75) is 77.3 Å². The van der Waals surface area contributed by atoms with Gasteiger partial charge in [-0.2, -0.15) is 4.98 Å². The Morgan fingerprint density at radius 1 is 1.25 bits per heavy atom. The Hall–Kier alpha value is -1.69. The minimum atomic E-state index is -0.106. The summed E-state index contributed by atoms with van der Waals surface area (Å²) in [7, 11) is 0. The molecule has 3 rings (SSSR count). The summed E-state index contributed by atoms with van der Waals surface area (Å²) in [6.45, 7) is 8.35. The first-order valence-electron chi connectivity index (χ1n) is 9.04. The van der Waals surface area contributed by atoms with Gasteiger partial charge in [-0.3, -0.25) is 5.32 Å². The SMILES string of the molecule is CC(NC(c1ncc[nH]1)C1CCCCC1)c1nc(C(C)(C)C)no1. The van der Waals surface area contributed by atoms with E-state index >= 15 is 0 Å². The van der Waals surface area contributed by atoms with E-state index in [1.807, 2.05) is 12.4 Å². The van der Waals surface area contributed by atoms with Gasteiger partial charge in [0.15, 0.2) is 5.82 Å². The van der Waals surface area contributed by atoms with Crippen molar-refractivity contribution in [1.82, 2.24) is 25.4 Å². The van der Waals surface area contributed by atoms with Gasteiger partial charge < -0.3 is 9.51 Å². The number of aromatic nitrogens is 4. The molecule has 0 aromatic carbocycles. The molecule has 0 radical (unpaired) electrons. The molecule has 6 nitrogen and oxygen atoms in total. The van der Waals surface area contributed by atoms with E-state index in [4.69, 9.17) is 4.52 Å². The number of nitrogens with one attached hydrogen (secondary N) is 2. The van der Waals surface area contributed by atoms with E-state index < -0.39 is 0 Å². The molecule has 24 heavy (non-hydrogen) atoms. The van der Waals surface area contributed by atoms with Crippen molar-refractivity contribution in [2.24, 2.45) is 5.92 Å². The number of rotatable bonds is 5. The second kappa shape index (κ2) is 7.05. The van der Waals surface area contributed by atoms with Crippen LogP contribution in [0.5, 0.6) is 0 Å². The monoisotopic (exact) mass is 331 g/mol. The molecule has 2 aromatic heterocycles. The average molecular weight is 331 g/mol. The molecule has 132 valence electrons. The summed E-state index contributed by atoms with van der Waals surface area (Å²) >= 11 is 0. The van der Waals surface area contributed by atoms with Crippen LogP contribution >= 0.6 is 0 Å². The molecule has 2 unspecified atom stereocenters. The first-order valence-corrected chi connectivity index (χ1v) is 9.04. The van der Waals surface area contributed by atoms with Gasteiger partial charge in [0, 0.05) is 17.8 Å². The summed E-state index contributed by atoms with van der Waals surface area (Å²) in [5.41, 5.74) is -0.106. The van der Waals surface area contributed by atoms with E-state index in [1.54, 1.807) is 0 Å². The molecular formula is C18H29N5O. The second-order valence-electron chi connectivity index (χ2n) is 7.94. The molecule has 0 amide bonds. The van der Waals surface area contributed by atoms with Gasteiger partial charge in [0.25, 0.3) is 0 Å². The van der Waals surface area contributed by atoms with Crippen LogP contribution in [-0.4, -0.2) is 20.1 Å². The van der Waals surface area contributed by atoms with E-state index in [0.29, 0.717) is 11.8 Å². The third-order valence-electron chi connectivity index (χ3n) is 4.85. The van der Waals surface area contributed by atoms with E-state index in [0.717, 1.165) is 11.6 Å². The topological polar surface area (TPSA) is 79.6 Å². The second-order valence-corrected chi connectivity index (χ2v) is 7.94. The Balaban J connectivity index is 1.75. The van der Waals surface area contributed by atoms with Gasteiger partial charge in [0.05, 0.1) is 12.1 Å². The van der Waals surface area contributed by atoms with Crippen LogP contribution in [0.2, 0.25) is 0 Å². The average Bonchev–Trinajstić information content (AvgIpc) is 3.24. The van der Waals surface area contributed by atoms with E-state index in [1.165, 1.54) is 32.1 Å². The highest BCUT2D eigenvalue weighted by Crippen LogP contribution is 2.34. The Kier molecular flexibility index (Phi) is 5.04. The molecule has 1 fully saturated rings. The van der Waals surface area contributed by atoms with Crippen molar-refractivity contribution < 1.29 is 4.52 Å². The lowest BCUT2D eigenvalue weighted by molar-refractivity contribution is 0.233. The Morgan fingerprint density at radius 2 is 2.00 bits per heavy atom. The maximum Gasteiger partial charge on any atom is 0.243 e. The van der Waals surface area contributed by atoms with Crippen LogP contribution in [0, 0.1) is 5.92 Å². The number of hydrogen-bond acceptors (Lipinski definition) is 5. The molecule has 2 heterocycles. The Morgan fingerprint density at radius 3 is 2.58 bits per heavy atom. The summed E-state index contributed by atoms with van der Waals surface area (Å²) in [4.78, 5) is 12.4. The zero-order chi connectivity index (χ0) is 17.2. The third-order valence-corrected chi connectivity index (χ3v) is 4.85. The summed E-state index contributed by atoms with van der Waals surface area (Å²) in [5, 5.41) is 7.82. The van der Waals surface area contributed by atoms with Crippen LogP contribution in [0.15, 0.2) is 16.9 Å². The van der Waals surface area contributed by atoms with Crippen molar-refractivity contribution in [3.05, 3.63) is 29.9 Å². The lowest BCUT2D eigenvalue weighted by Gasteiger charge is -2.31. The van der Waals surface area contributed by atoms with E-state index in [-0.39, 0.29) is 17.5 Å². The quantitative estimate of drug-likeness (QED) is 0.863. The Bertz CT molecular complexity index is 622. The van der Waals surface area contributed by atoms with Crippen molar-refractivity contribution >= 4 is 0 Å². The van der Waals surface area contributed by atoms with Crippen LogP contribution in [0.4, 0.5) is 0 Å². The van der Waals surface area contributed by atoms with Gasteiger partial charge in [-0.15, -0.1) is 0 Å². The van der Waals surface area contributed by atoms with Crippen LogP contribution in [0.3, 0.4) is 0 Å². The largest absolute Gasteiger partial charge is 0.347 e. The van der Waals surface area contributed by atoms with Crippen LogP contribution in [0.1, 0.15) is 89.4 Å². The number of H-pyrrole nitrogens is 1. The van der Waals surface area contributed by atoms with E-state index in [2.05, 4.69) is 53.1 Å². The van der Waals surface area contributed by atoms with Gasteiger partial charge in [-0.1, -0.05) is 45.2 Å². The molecule has 0 saturated heterocycles. The predicted octanol–water partition coefficient (Wildman–Crippen LogP) is 4.06. The molecule has 2 N–H and O–H groups in total. The fraction of sp³-hybridized carbons (Fsp3) is 0.722. The maximum absolute atomic E-state index is 5.50. The number of aromatic amines is 1. The molecule has 2 atom stereocenters. The predicted molar refractivity (Wildman–Crippen MR) is 92.5 cm³/mol. The summed E-state index contributed by atoms with van der Waals surface area (Å²) in [6.07, 6.45) is 10.1. The first kappa shape index (κ1) is 17.1.